The maximum Gasteiger partial charge on any atom is 0.146 e. The van der Waals surface area contributed by atoms with E-state index in [0.29, 0.717) is 0 Å². The molecular formula is C13H19FN2. The molecule has 1 heterocycles. The fourth-order valence-electron chi connectivity index (χ4n) is 2.07. The van der Waals surface area contributed by atoms with Gasteiger partial charge < -0.3 is 9.80 Å². The molecule has 0 bridgehead atoms. The van der Waals surface area contributed by atoms with Gasteiger partial charge in [0.2, 0.25) is 0 Å². The van der Waals surface area contributed by atoms with Gasteiger partial charge in [-0.05, 0) is 31.2 Å². The third-order valence-corrected chi connectivity index (χ3v) is 3.26. The van der Waals surface area contributed by atoms with Crippen molar-refractivity contribution in [2.45, 2.75) is 13.3 Å². The van der Waals surface area contributed by atoms with E-state index in [0.717, 1.165) is 43.9 Å². The van der Waals surface area contributed by atoms with Crippen LogP contribution in [0.25, 0.3) is 0 Å². The Bertz CT molecular complexity index is 357. The van der Waals surface area contributed by atoms with E-state index >= 15 is 0 Å². The minimum atomic E-state index is -0.0797. The van der Waals surface area contributed by atoms with Crippen molar-refractivity contribution >= 4 is 5.69 Å². The highest BCUT2D eigenvalue weighted by Gasteiger charge is 2.16. The fraction of sp³-hybridized carbons (Fsp3) is 0.538. The molecule has 1 aromatic rings. The monoisotopic (exact) mass is 222 g/mol. The number of piperazine rings is 1. The predicted molar refractivity (Wildman–Crippen MR) is 65.5 cm³/mol. The number of benzene rings is 1. The van der Waals surface area contributed by atoms with E-state index in [9.17, 15) is 4.39 Å². The summed E-state index contributed by atoms with van der Waals surface area (Å²) in [4.78, 5) is 4.41. The molecule has 1 aromatic carbocycles. The first-order valence-corrected chi connectivity index (χ1v) is 5.92. The van der Waals surface area contributed by atoms with Crippen LogP contribution in [0.3, 0.4) is 0 Å². The fourth-order valence-corrected chi connectivity index (χ4v) is 2.07. The van der Waals surface area contributed by atoms with Gasteiger partial charge in [-0.1, -0.05) is 13.0 Å². The molecule has 0 saturated carbocycles. The van der Waals surface area contributed by atoms with Crippen LogP contribution in [0, 0.1) is 5.82 Å². The van der Waals surface area contributed by atoms with Gasteiger partial charge in [-0.25, -0.2) is 4.39 Å². The quantitative estimate of drug-likeness (QED) is 0.756. The third-order valence-electron chi connectivity index (χ3n) is 3.26. The topological polar surface area (TPSA) is 6.48 Å². The highest BCUT2D eigenvalue weighted by Crippen LogP contribution is 2.21. The van der Waals surface area contributed by atoms with Crippen LogP contribution >= 0.6 is 0 Å². The molecule has 0 aromatic heterocycles. The first-order valence-electron chi connectivity index (χ1n) is 5.92. The van der Waals surface area contributed by atoms with Crippen LogP contribution in [0.2, 0.25) is 0 Å². The molecule has 1 fully saturated rings. The number of rotatable bonds is 2. The number of anilines is 1. The summed E-state index contributed by atoms with van der Waals surface area (Å²) in [5.41, 5.74) is 1.82. The molecule has 0 atom stereocenters. The van der Waals surface area contributed by atoms with E-state index in [2.05, 4.69) is 16.8 Å². The second-order valence-electron chi connectivity index (χ2n) is 4.43. The van der Waals surface area contributed by atoms with Crippen molar-refractivity contribution in [1.29, 1.82) is 0 Å². The molecule has 16 heavy (non-hydrogen) atoms. The second kappa shape index (κ2) is 4.83. The molecule has 2 nitrogen and oxygen atoms in total. The second-order valence-corrected chi connectivity index (χ2v) is 4.43. The molecule has 0 spiro atoms. The summed E-state index contributed by atoms with van der Waals surface area (Å²) in [7, 11) is 2.11. The van der Waals surface area contributed by atoms with Crippen molar-refractivity contribution in [1.82, 2.24) is 4.90 Å². The van der Waals surface area contributed by atoms with Crippen LogP contribution in [0.15, 0.2) is 18.2 Å². The van der Waals surface area contributed by atoms with Crippen LogP contribution in [0.5, 0.6) is 0 Å². The highest BCUT2D eigenvalue weighted by atomic mass is 19.1. The first kappa shape index (κ1) is 11.4. The van der Waals surface area contributed by atoms with E-state index < -0.39 is 0 Å². The van der Waals surface area contributed by atoms with Gasteiger partial charge in [-0.2, -0.15) is 0 Å². The number of nitrogens with zero attached hydrogens (tertiary/aromatic N) is 2. The molecule has 0 aliphatic carbocycles. The Kier molecular flexibility index (Phi) is 3.44. The molecule has 0 radical (unpaired) electrons. The average Bonchev–Trinajstić information content (AvgIpc) is 2.30. The standard InChI is InChI=1S/C13H19FN2/c1-3-11-4-5-13(12(14)10-11)16-8-6-15(2)7-9-16/h4-5,10H,3,6-9H2,1-2H3. The summed E-state index contributed by atoms with van der Waals surface area (Å²) in [5, 5.41) is 0. The van der Waals surface area contributed by atoms with Crippen molar-refractivity contribution in [2.75, 3.05) is 38.1 Å². The first-order chi connectivity index (χ1) is 7.70. The molecule has 1 aliphatic rings. The normalized spacial score (nSPS) is 17.8. The summed E-state index contributed by atoms with van der Waals surface area (Å²) >= 11 is 0. The van der Waals surface area contributed by atoms with Crippen LogP contribution in [-0.2, 0) is 6.42 Å². The number of aryl methyl sites for hydroxylation is 1. The van der Waals surface area contributed by atoms with E-state index in [4.69, 9.17) is 0 Å². The lowest BCUT2D eigenvalue weighted by molar-refractivity contribution is 0.311. The van der Waals surface area contributed by atoms with Gasteiger partial charge in [0.15, 0.2) is 0 Å². The lowest BCUT2D eigenvalue weighted by Crippen LogP contribution is -2.44. The summed E-state index contributed by atoms with van der Waals surface area (Å²) in [6, 6.07) is 5.60. The highest BCUT2D eigenvalue weighted by molar-refractivity contribution is 5.49. The van der Waals surface area contributed by atoms with Crippen LogP contribution in [0.1, 0.15) is 12.5 Å². The Morgan fingerprint density at radius 3 is 2.44 bits per heavy atom. The number of likely N-dealkylation sites (N-methyl/N-ethyl adjacent to an activating group) is 1. The summed E-state index contributed by atoms with van der Waals surface area (Å²) in [6.45, 7) is 5.89. The van der Waals surface area contributed by atoms with Crippen LogP contribution in [-0.4, -0.2) is 38.1 Å². The molecular weight excluding hydrogens is 203 g/mol. The van der Waals surface area contributed by atoms with Crippen molar-refractivity contribution in [3.05, 3.63) is 29.6 Å². The summed E-state index contributed by atoms with van der Waals surface area (Å²) < 4.78 is 13.9. The van der Waals surface area contributed by atoms with E-state index in [1.165, 1.54) is 0 Å². The van der Waals surface area contributed by atoms with Gasteiger partial charge in [0, 0.05) is 26.2 Å². The van der Waals surface area contributed by atoms with Gasteiger partial charge >= 0.3 is 0 Å². The largest absolute Gasteiger partial charge is 0.367 e. The molecule has 2 rings (SSSR count). The van der Waals surface area contributed by atoms with Crippen molar-refractivity contribution in [3.8, 4) is 0 Å². The Labute approximate surface area is 96.7 Å². The maximum atomic E-state index is 13.9. The lowest BCUT2D eigenvalue weighted by Gasteiger charge is -2.34. The van der Waals surface area contributed by atoms with Crippen LogP contribution in [0.4, 0.5) is 10.1 Å². The maximum absolute atomic E-state index is 13.9. The Morgan fingerprint density at radius 1 is 1.19 bits per heavy atom. The summed E-state index contributed by atoms with van der Waals surface area (Å²) in [6.07, 6.45) is 0.889. The molecule has 0 unspecified atom stereocenters. The minimum absolute atomic E-state index is 0.0797. The summed E-state index contributed by atoms with van der Waals surface area (Å²) in [5.74, 6) is -0.0797. The molecule has 0 amide bonds. The van der Waals surface area contributed by atoms with Gasteiger partial charge in [0.25, 0.3) is 0 Å². The van der Waals surface area contributed by atoms with E-state index in [1.807, 2.05) is 19.1 Å². The number of hydrogen-bond donors (Lipinski definition) is 0. The number of hydrogen-bond acceptors (Lipinski definition) is 2. The lowest BCUT2D eigenvalue weighted by atomic mass is 10.1. The van der Waals surface area contributed by atoms with Gasteiger partial charge in [-0.15, -0.1) is 0 Å². The van der Waals surface area contributed by atoms with Crippen molar-refractivity contribution < 1.29 is 4.39 Å². The van der Waals surface area contributed by atoms with Crippen LogP contribution < -0.4 is 4.90 Å². The average molecular weight is 222 g/mol. The smallest absolute Gasteiger partial charge is 0.146 e. The molecule has 3 heteroatoms. The molecule has 1 aliphatic heterocycles. The van der Waals surface area contributed by atoms with E-state index in [1.54, 1.807) is 6.07 Å². The van der Waals surface area contributed by atoms with E-state index in [-0.39, 0.29) is 5.82 Å². The third kappa shape index (κ3) is 2.35. The zero-order valence-corrected chi connectivity index (χ0v) is 10.0. The zero-order chi connectivity index (χ0) is 11.5. The molecule has 1 saturated heterocycles. The van der Waals surface area contributed by atoms with Gasteiger partial charge in [0.1, 0.15) is 5.82 Å². The Balaban J connectivity index is 2.14. The zero-order valence-electron chi connectivity index (χ0n) is 10.0. The molecule has 88 valence electrons. The Morgan fingerprint density at radius 2 is 1.88 bits per heavy atom. The minimum Gasteiger partial charge on any atom is -0.367 e. The molecule has 0 N–H and O–H groups in total. The number of halogens is 1. The van der Waals surface area contributed by atoms with Gasteiger partial charge in [0.05, 0.1) is 5.69 Å². The van der Waals surface area contributed by atoms with Crippen molar-refractivity contribution in [2.24, 2.45) is 0 Å². The van der Waals surface area contributed by atoms with Crippen molar-refractivity contribution in [3.63, 3.8) is 0 Å². The Hall–Kier alpha value is -1.09. The SMILES string of the molecule is CCc1ccc(N2CCN(C)CC2)c(F)c1. The van der Waals surface area contributed by atoms with Gasteiger partial charge in [-0.3, -0.25) is 0 Å². The predicted octanol–water partition coefficient (Wildman–Crippen LogP) is 2.14.